The molecule has 0 radical (unpaired) electrons. The number of carbonyl (C=O) groups excluding carboxylic acids is 1. The number of benzene rings is 2. The van der Waals surface area contributed by atoms with Crippen molar-refractivity contribution in [2.75, 3.05) is 11.1 Å². The average molecular weight is 386 g/mol. The summed E-state index contributed by atoms with van der Waals surface area (Å²) in [6.45, 7) is 0.671. The molecule has 0 aliphatic rings. The largest absolute Gasteiger partial charge is 0.380 e. The standard InChI is InChI=1S/C15H14BrClN2OS/c16-11-7-10(5-6-12(11)17)8-19-13-3-1-2-4-14(13)21-9-15(18)20/h1-7,19H,8-9H2,(H2,18,20). The molecule has 0 aliphatic carbocycles. The monoisotopic (exact) mass is 384 g/mol. The Balaban J connectivity index is 2.05. The molecule has 0 spiro atoms. The van der Waals surface area contributed by atoms with Crippen molar-refractivity contribution in [3.8, 4) is 0 Å². The zero-order chi connectivity index (χ0) is 15.2. The van der Waals surface area contributed by atoms with Crippen LogP contribution in [0.15, 0.2) is 51.8 Å². The van der Waals surface area contributed by atoms with Crippen molar-refractivity contribution in [3.05, 3.63) is 57.5 Å². The maximum Gasteiger partial charge on any atom is 0.227 e. The Morgan fingerprint density at radius 3 is 2.76 bits per heavy atom. The van der Waals surface area contributed by atoms with Crippen LogP contribution in [0.25, 0.3) is 0 Å². The van der Waals surface area contributed by atoms with Crippen LogP contribution >= 0.6 is 39.3 Å². The van der Waals surface area contributed by atoms with Gasteiger partial charge in [0.25, 0.3) is 0 Å². The Hall–Kier alpha value is -1.17. The topological polar surface area (TPSA) is 55.1 Å². The fraction of sp³-hybridized carbons (Fsp3) is 0.133. The van der Waals surface area contributed by atoms with Crippen molar-refractivity contribution in [3.63, 3.8) is 0 Å². The van der Waals surface area contributed by atoms with Crippen molar-refractivity contribution < 1.29 is 4.79 Å². The van der Waals surface area contributed by atoms with Crippen LogP contribution in [-0.4, -0.2) is 11.7 Å². The molecule has 0 unspecified atom stereocenters. The molecule has 6 heteroatoms. The van der Waals surface area contributed by atoms with Crippen molar-refractivity contribution >= 4 is 50.9 Å². The van der Waals surface area contributed by atoms with Crippen LogP contribution in [0.4, 0.5) is 5.69 Å². The lowest BCUT2D eigenvalue weighted by atomic mass is 10.2. The average Bonchev–Trinajstić information content (AvgIpc) is 2.47. The molecule has 0 aromatic heterocycles. The van der Waals surface area contributed by atoms with E-state index < -0.39 is 0 Å². The Morgan fingerprint density at radius 1 is 1.29 bits per heavy atom. The number of carbonyl (C=O) groups is 1. The van der Waals surface area contributed by atoms with Gasteiger partial charge in [-0.1, -0.05) is 29.8 Å². The number of thioether (sulfide) groups is 1. The van der Waals surface area contributed by atoms with Gasteiger partial charge in [-0.3, -0.25) is 4.79 Å². The van der Waals surface area contributed by atoms with E-state index in [1.54, 1.807) is 0 Å². The fourth-order valence-corrected chi connectivity index (χ4v) is 3.05. The van der Waals surface area contributed by atoms with E-state index in [0.29, 0.717) is 11.6 Å². The second-order valence-corrected chi connectivity index (χ2v) is 6.63. The number of hydrogen-bond acceptors (Lipinski definition) is 3. The number of halogens is 2. The maximum absolute atomic E-state index is 10.9. The molecule has 2 rings (SSSR count). The van der Waals surface area contributed by atoms with Gasteiger partial charge in [0.2, 0.25) is 5.91 Å². The molecule has 0 saturated carbocycles. The Bertz CT molecular complexity index is 651. The molecule has 21 heavy (non-hydrogen) atoms. The van der Waals surface area contributed by atoms with Crippen LogP contribution in [-0.2, 0) is 11.3 Å². The molecule has 0 heterocycles. The van der Waals surface area contributed by atoms with E-state index in [0.717, 1.165) is 20.6 Å². The molecule has 3 N–H and O–H groups in total. The summed E-state index contributed by atoms with van der Waals surface area (Å²) in [7, 11) is 0. The van der Waals surface area contributed by atoms with Gasteiger partial charge in [0.15, 0.2) is 0 Å². The lowest BCUT2D eigenvalue weighted by Gasteiger charge is -2.11. The van der Waals surface area contributed by atoms with Crippen LogP contribution in [0.3, 0.4) is 0 Å². The van der Waals surface area contributed by atoms with Gasteiger partial charge < -0.3 is 11.1 Å². The van der Waals surface area contributed by atoms with Crippen LogP contribution < -0.4 is 11.1 Å². The third-order valence-electron chi connectivity index (χ3n) is 2.72. The molecular formula is C15H14BrClN2OS. The predicted molar refractivity (Wildman–Crippen MR) is 92.8 cm³/mol. The first-order valence-corrected chi connectivity index (χ1v) is 8.40. The summed E-state index contributed by atoms with van der Waals surface area (Å²) < 4.78 is 0.875. The second-order valence-electron chi connectivity index (χ2n) is 4.35. The van der Waals surface area contributed by atoms with Crippen molar-refractivity contribution in [2.24, 2.45) is 5.73 Å². The van der Waals surface area contributed by atoms with Crippen molar-refractivity contribution in [1.82, 2.24) is 0 Å². The number of para-hydroxylation sites is 1. The van der Waals surface area contributed by atoms with Crippen LogP contribution in [0.1, 0.15) is 5.56 Å². The summed E-state index contributed by atoms with van der Waals surface area (Å²) in [6, 6.07) is 13.6. The van der Waals surface area contributed by atoms with E-state index in [9.17, 15) is 4.79 Å². The summed E-state index contributed by atoms with van der Waals surface area (Å²) in [6.07, 6.45) is 0. The summed E-state index contributed by atoms with van der Waals surface area (Å²) in [4.78, 5) is 11.9. The molecule has 0 fully saturated rings. The molecule has 2 aromatic rings. The third-order valence-corrected chi connectivity index (χ3v) is 5.03. The summed E-state index contributed by atoms with van der Waals surface area (Å²) in [5.41, 5.74) is 7.28. The van der Waals surface area contributed by atoms with Gasteiger partial charge >= 0.3 is 0 Å². The van der Waals surface area contributed by atoms with E-state index in [-0.39, 0.29) is 11.7 Å². The molecule has 3 nitrogen and oxygen atoms in total. The number of rotatable bonds is 6. The highest BCUT2D eigenvalue weighted by molar-refractivity contribution is 9.10. The lowest BCUT2D eigenvalue weighted by Crippen LogP contribution is -2.13. The Morgan fingerprint density at radius 2 is 2.05 bits per heavy atom. The summed E-state index contributed by atoms with van der Waals surface area (Å²) in [5, 5.41) is 4.05. The van der Waals surface area contributed by atoms with Gasteiger partial charge in [0.1, 0.15) is 0 Å². The molecule has 1 amide bonds. The second kappa shape index (κ2) is 7.73. The van der Waals surface area contributed by atoms with E-state index in [1.165, 1.54) is 11.8 Å². The van der Waals surface area contributed by atoms with Crippen LogP contribution in [0.2, 0.25) is 5.02 Å². The highest BCUT2D eigenvalue weighted by atomic mass is 79.9. The van der Waals surface area contributed by atoms with Gasteiger partial charge in [0.05, 0.1) is 10.8 Å². The van der Waals surface area contributed by atoms with Gasteiger partial charge in [-0.2, -0.15) is 0 Å². The number of primary amides is 1. The van der Waals surface area contributed by atoms with Gasteiger partial charge in [0, 0.05) is 21.6 Å². The third kappa shape index (κ3) is 4.95. The first-order valence-electron chi connectivity index (χ1n) is 6.24. The van der Waals surface area contributed by atoms with Crippen LogP contribution in [0.5, 0.6) is 0 Å². The predicted octanol–water partition coefficient (Wildman–Crippen LogP) is 4.29. The summed E-state index contributed by atoms with van der Waals surface area (Å²) >= 11 is 10.8. The SMILES string of the molecule is NC(=O)CSc1ccccc1NCc1ccc(Cl)c(Br)c1. The highest BCUT2D eigenvalue weighted by Gasteiger charge is 2.05. The first-order chi connectivity index (χ1) is 10.1. The zero-order valence-electron chi connectivity index (χ0n) is 11.1. The van der Waals surface area contributed by atoms with Gasteiger partial charge in [-0.15, -0.1) is 11.8 Å². The Labute approximate surface area is 141 Å². The zero-order valence-corrected chi connectivity index (χ0v) is 14.3. The maximum atomic E-state index is 10.9. The fourth-order valence-electron chi connectivity index (χ4n) is 1.73. The number of nitrogens with one attached hydrogen (secondary N) is 1. The Kier molecular flexibility index (Phi) is 5.96. The number of amides is 1. The van der Waals surface area contributed by atoms with E-state index in [1.807, 2.05) is 42.5 Å². The number of hydrogen-bond donors (Lipinski definition) is 2. The summed E-state index contributed by atoms with van der Waals surface area (Å²) in [5.74, 6) is -0.0537. The normalized spacial score (nSPS) is 10.4. The van der Waals surface area contributed by atoms with Crippen LogP contribution in [0, 0.1) is 0 Å². The smallest absolute Gasteiger partial charge is 0.227 e. The van der Waals surface area contributed by atoms with E-state index in [4.69, 9.17) is 17.3 Å². The minimum atomic E-state index is -0.323. The molecule has 0 aliphatic heterocycles. The molecule has 0 saturated heterocycles. The minimum absolute atomic E-state index is 0.269. The number of nitrogens with two attached hydrogens (primary N) is 1. The van der Waals surface area contributed by atoms with Crippen molar-refractivity contribution in [2.45, 2.75) is 11.4 Å². The van der Waals surface area contributed by atoms with Gasteiger partial charge in [-0.05, 0) is 45.8 Å². The van der Waals surface area contributed by atoms with E-state index >= 15 is 0 Å². The van der Waals surface area contributed by atoms with Gasteiger partial charge in [-0.25, -0.2) is 0 Å². The molecular weight excluding hydrogens is 372 g/mol. The number of anilines is 1. The molecule has 0 bridgehead atoms. The molecule has 2 aromatic carbocycles. The minimum Gasteiger partial charge on any atom is -0.380 e. The quantitative estimate of drug-likeness (QED) is 0.729. The lowest BCUT2D eigenvalue weighted by molar-refractivity contribution is -0.115. The van der Waals surface area contributed by atoms with E-state index in [2.05, 4.69) is 21.2 Å². The highest BCUT2D eigenvalue weighted by Crippen LogP contribution is 2.28. The van der Waals surface area contributed by atoms with Crippen molar-refractivity contribution in [1.29, 1.82) is 0 Å². The molecule has 110 valence electrons. The molecule has 0 atom stereocenters. The first kappa shape index (κ1) is 16.2.